The summed E-state index contributed by atoms with van der Waals surface area (Å²) in [6.07, 6.45) is -0.689. The number of carbonyl (C=O) groups is 3. The van der Waals surface area contributed by atoms with Gasteiger partial charge < -0.3 is 14.7 Å². The van der Waals surface area contributed by atoms with Gasteiger partial charge in [-0.05, 0) is 41.3 Å². The van der Waals surface area contributed by atoms with Crippen LogP contribution in [0.25, 0.3) is 11.1 Å². The van der Waals surface area contributed by atoms with Crippen molar-refractivity contribution in [3.05, 3.63) is 89.5 Å². The van der Waals surface area contributed by atoms with Gasteiger partial charge in [0.15, 0.2) is 0 Å². The topological polar surface area (TPSA) is 95.9 Å². The Morgan fingerprint density at radius 3 is 2.09 bits per heavy atom. The summed E-state index contributed by atoms with van der Waals surface area (Å²) in [6.45, 7) is 1.56. The summed E-state index contributed by atoms with van der Waals surface area (Å²) in [4.78, 5) is 37.8. The lowest BCUT2D eigenvalue weighted by Crippen LogP contribution is -2.40. The van der Waals surface area contributed by atoms with E-state index in [4.69, 9.17) is 4.74 Å². The molecular weight excluding hydrogens is 420 g/mol. The van der Waals surface area contributed by atoms with Gasteiger partial charge in [0.25, 0.3) is 5.91 Å². The zero-order chi connectivity index (χ0) is 23.5. The van der Waals surface area contributed by atoms with Crippen molar-refractivity contribution in [2.24, 2.45) is 0 Å². The number of carboxylic acid groups (broad SMARTS) is 1. The van der Waals surface area contributed by atoms with Crippen LogP contribution in [0.5, 0.6) is 0 Å². The van der Waals surface area contributed by atoms with Crippen LogP contribution in [0.1, 0.15) is 34.3 Å². The molecule has 1 aliphatic rings. The van der Waals surface area contributed by atoms with Crippen LogP contribution in [0, 0.1) is 0 Å². The van der Waals surface area contributed by atoms with Gasteiger partial charge in [-0.3, -0.25) is 10.1 Å². The molecule has 3 aromatic carbocycles. The maximum Gasteiger partial charge on any atom is 0.411 e. The molecule has 168 valence electrons. The molecule has 4 rings (SSSR count). The second-order valence-electron chi connectivity index (χ2n) is 7.93. The minimum atomic E-state index is -1.12. The lowest BCUT2D eigenvalue weighted by atomic mass is 9.98. The van der Waals surface area contributed by atoms with Gasteiger partial charge in [0, 0.05) is 13.0 Å². The Bertz CT molecular complexity index is 1180. The van der Waals surface area contributed by atoms with Gasteiger partial charge in [-0.15, -0.1) is 0 Å². The van der Waals surface area contributed by atoms with Crippen LogP contribution in [-0.4, -0.2) is 47.7 Å². The number of anilines is 1. The molecular formula is C26H24N2O5. The highest BCUT2D eigenvalue weighted by atomic mass is 16.5. The number of ether oxygens (including phenoxy) is 1. The van der Waals surface area contributed by atoms with Gasteiger partial charge in [-0.1, -0.05) is 60.7 Å². The SMILES string of the molecule is CC(C(=O)O)N(C)C(=O)c1ccccc1NC(=O)OCC1c2ccccc2-c2ccccc21. The third kappa shape index (κ3) is 4.30. The molecule has 3 aromatic rings. The number of aliphatic carboxylic acids is 1. The highest BCUT2D eigenvalue weighted by molar-refractivity contribution is 6.03. The quantitative estimate of drug-likeness (QED) is 0.580. The minimum absolute atomic E-state index is 0.0809. The summed E-state index contributed by atoms with van der Waals surface area (Å²) in [5.74, 6) is -1.71. The largest absolute Gasteiger partial charge is 0.480 e. The summed E-state index contributed by atoms with van der Waals surface area (Å²) in [5, 5.41) is 11.8. The van der Waals surface area contributed by atoms with E-state index in [1.165, 1.54) is 20.0 Å². The van der Waals surface area contributed by atoms with Crippen LogP contribution in [0.4, 0.5) is 10.5 Å². The number of nitrogens with one attached hydrogen (secondary N) is 1. The predicted molar refractivity (Wildman–Crippen MR) is 124 cm³/mol. The van der Waals surface area contributed by atoms with Crippen molar-refractivity contribution in [3.8, 4) is 11.1 Å². The summed E-state index contributed by atoms with van der Waals surface area (Å²) in [7, 11) is 1.41. The van der Waals surface area contributed by atoms with Crippen molar-refractivity contribution in [2.75, 3.05) is 19.0 Å². The van der Waals surface area contributed by atoms with E-state index in [9.17, 15) is 19.5 Å². The fourth-order valence-corrected chi connectivity index (χ4v) is 4.05. The summed E-state index contributed by atoms with van der Waals surface area (Å²) in [5.41, 5.74) is 4.91. The number of para-hydroxylation sites is 1. The van der Waals surface area contributed by atoms with Crippen LogP contribution in [0.2, 0.25) is 0 Å². The molecule has 1 atom stereocenters. The van der Waals surface area contributed by atoms with E-state index in [1.807, 2.05) is 36.4 Å². The Morgan fingerprint density at radius 2 is 1.48 bits per heavy atom. The molecule has 0 spiro atoms. The molecule has 0 radical (unpaired) electrons. The number of rotatable bonds is 6. The Balaban J connectivity index is 1.48. The van der Waals surface area contributed by atoms with Gasteiger partial charge in [0.1, 0.15) is 12.6 Å². The van der Waals surface area contributed by atoms with E-state index in [2.05, 4.69) is 17.4 Å². The minimum Gasteiger partial charge on any atom is -0.480 e. The van der Waals surface area contributed by atoms with E-state index < -0.39 is 24.0 Å². The predicted octanol–water partition coefficient (Wildman–Crippen LogP) is 4.59. The molecule has 2 amide bonds. The average molecular weight is 444 g/mol. The van der Waals surface area contributed by atoms with E-state index in [0.29, 0.717) is 0 Å². The van der Waals surface area contributed by atoms with Gasteiger partial charge in [0.05, 0.1) is 11.3 Å². The molecule has 1 aliphatic carbocycles. The molecule has 33 heavy (non-hydrogen) atoms. The Labute approximate surface area is 191 Å². The molecule has 0 saturated heterocycles. The summed E-state index contributed by atoms with van der Waals surface area (Å²) >= 11 is 0. The number of fused-ring (bicyclic) bond motifs is 3. The Kier molecular flexibility index (Phi) is 6.13. The summed E-state index contributed by atoms with van der Waals surface area (Å²) in [6, 6.07) is 21.5. The number of carbonyl (C=O) groups excluding carboxylic acids is 2. The smallest absolute Gasteiger partial charge is 0.411 e. The number of hydrogen-bond donors (Lipinski definition) is 2. The number of likely N-dealkylation sites (N-methyl/N-ethyl adjacent to an activating group) is 1. The number of nitrogens with zero attached hydrogens (tertiary/aromatic N) is 1. The molecule has 1 unspecified atom stereocenters. The number of benzene rings is 3. The third-order valence-electron chi connectivity index (χ3n) is 6.00. The number of hydrogen-bond acceptors (Lipinski definition) is 4. The first-order valence-electron chi connectivity index (χ1n) is 10.6. The average Bonchev–Trinajstić information content (AvgIpc) is 3.15. The maximum absolute atomic E-state index is 12.8. The standard InChI is InChI=1S/C26H24N2O5/c1-16(25(30)31)28(2)24(29)21-13-7-8-14-23(21)27-26(32)33-15-22-19-11-5-3-9-17(19)18-10-4-6-12-20(18)22/h3-14,16,22H,15H2,1-2H3,(H,27,32)(H,30,31). The van der Waals surface area contributed by atoms with Gasteiger partial charge in [0.2, 0.25) is 0 Å². The molecule has 0 bridgehead atoms. The molecule has 2 N–H and O–H groups in total. The van der Waals surface area contributed by atoms with Crippen molar-refractivity contribution in [3.63, 3.8) is 0 Å². The van der Waals surface area contributed by atoms with Crippen LogP contribution in [-0.2, 0) is 9.53 Å². The number of amides is 2. The summed E-state index contributed by atoms with van der Waals surface area (Å²) < 4.78 is 5.56. The first kappa shape index (κ1) is 22.1. The molecule has 0 fully saturated rings. The molecule has 7 nitrogen and oxygen atoms in total. The lowest BCUT2D eigenvalue weighted by molar-refractivity contribution is -0.141. The number of carboxylic acids is 1. The molecule has 7 heteroatoms. The van der Waals surface area contributed by atoms with Gasteiger partial charge in [-0.25, -0.2) is 9.59 Å². The third-order valence-corrected chi connectivity index (χ3v) is 6.00. The van der Waals surface area contributed by atoms with E-state index in [1.54, 1.807) is 18.2 Å². The monoisotopic (exact) mass is 444 g/mol. The van der Waals surface area contributed by atoms with Crippen LogP contribution >= 0.6 is 0 Å². The fraction of sp³-hybridized carbons (Fsp3) is 0.192. The first-order chi connectivity index (χ1) is 15.9. The van der Waals surface area contributed by atoms with E-state index in [-0.39, 0.29) is 23.8 Å². The van der Waals surface area contributed by atoms with Crippen molar-refractivity contribution >= 4 is 23.7 Å². The maximum atomic E-state index is 12.8. The molecule has 0 aromatic heterocycles. The second-order valence-corrected chi connectivity index (χ2v) is 7.93. The van der Waals surface area contributed by atoms with Crippen LogP contribution in [0.15, 0.2) is 72.8 Å². The Hall–Kier alpha value is -4.13. The van der Waals surface area contributed by atoms with Crippen molar-refractivity contribution in [1.29, 1.82) is 0 Å². The second kappa shape index (κ2) is 9.16. The Morgan fingerprint density at radius 1 is 0.939 bits per heavy atom. The van der Waals surface area contributed by atoms with Gasteiger partial charge >= 0.3 is 12.1 Å². The van der Waals surface area contributed by atoms with Crippen molar-refractivity contribution in [2.45, 2.75) is 18.9 Å². The van der Waals surface area contributed by atoms with Crippen molar-refractivity contribution in [1.82, 2.24) is 4.90 Å². The highest BCUT2D eigenvalue weighted by Crippen LogP contribution is 2.44. The van der Waals surface area contributed by atoms with E-state index in [0.717, 1.165) is 27.2 Å². The molecule has 0 saturated carbocycles. The zero-order valence-electron chi connectivity index (χ0n) is 18.3. The van der Waals surface area contributed by atoms with Crippen LogP contribution < -0.4 is 5.32 Å². The molecule has 0 aliphatic heterocycles. The lowest BCUT2D eigenvalue weighted by Gasteiger charge is -2.23. The molecule has 0 heterocycles. The van der Waals surface area contributed by atoms with Crippen molar-refractivity contribution < 1.29 is 24.2 Å². The van der Waals surface area contributed by atoms with Gasteiger partial charge in [-0.2, -0.15) is 0 Å². The first-order valence-corrected chi connectivity index (χ1v) is 10.6. The van der Waals surface area contributed by atoms with E-state index >= 15 is 0 Å². The van der Waals surface area contributed by atoms with Crippen LogP contribution in [0.3, 0.4) is 0 Å². The highest BCUT2D eigenvalue weighted by Gasteiger charge is 2.29. The zero-order valence-corrected chi connectivity index (χ0v) is 18.3. The fourth-order valence-electron chi connectivity index (χ4n) is 4.05. The normalized spacial score (nSPS) is 12.9.